The van der Waals surface area contributed by atoms with E-state index in [0.29, 0.717) is 11.4 Å². The Morgan fingerprint density at radius 2 is 2.20 bits per heavy atom. The van der Waals surface area contributed by atoms with E-state index in [2.05, 4.69) is 46.8 Å². The van der Waals surface area contributed by atoms with Crippen molar-refractivity contribution in [3.05, 3.63) is 34.7 Å². The molecule has 1 unspecified atom stereocenters. The van der Waals surface area contributed by atoms with Gasteiger partial charge in [0, 0.05) is 42.9 Å². The molecule has 0 N–H and O–H groups in total. The largest absolute Gasteiger partial charge is 0.481 e. The number of pyridine rings is 1. The third-order valence-corrected chi connectivity index (χ3v) is 4.83. The standard InChI is InChI=1S/C17H19BrN6O/c1-23(15-7-16(25-2)22-11-21-15)14-4-3-5-24(10-14)17-12(8-19)6-13(18)9-20-17/h6-7,9,11,14H,3-5,10H2,1-2H3. The Morgan fingerprint density at radius 1 is 1.36 bits per heavy atom. The van der Waals surface area contributed by atoms with Crippen LogP contribution < -0.4 is 14.5 Å². The van der Waals surface area contributed by atoms with Crippen molar-refractivity contribution in [3.8, 4) is 11.9 Å². The molecule has 8 heteroatoms. The second-order valence-electron chi connectivity index (χ2n) is 5.91. The second kappa shape index (κ2) is 7.66. The molecule has 0 aromatic carbocycles. The second-order valence-corrected chi connectivity index (χ2v) is 6.82. The van der Waals surface area contributed by atoms with E-state index in [0.717, 1.165) is 42.0 Å². The summed E-state index contributed by atoms with van der Waals surface area (Å²) in [6, 6.07) is 6.15. The number of piperidine rings is 1. The fourth-order valence-corrected chi connectivity index (χ4v) is 3.38. The maximum atomic E-state index is 9.41. The normalized spacial score (nSPS) is 17.0. The fourth-order valence-electron chi connectivity index (χ4n) is 3.05. The number of aromatic nitrogens is 3. The topological polar surface area (TPSA) is 78.2 Å². The van der Waals surface area contributed by atoms with Crippen LogP contribution in [-0.2, 0) is 0 Å². The summed E-state index contributed by atoms with van der Waals surface area (Å²) in [5.74, 6) is 2.11. The molecule has 2 aromatic rings. The van der Waals surface area contributed by atoms with Crippen LogP contribution in [0.25, 0.3) is 0 Å². The molecule has 3 rings (SSSR count). The Morgan fingerprint density at radius 3 is 2.96 bits per heavy atom. The third kappa shape index (κ3) is 3.82. The predicted molar refractivity (Wildman–Crippen MR) is 98.9 cm³/mol. The molecule has 1 saturated heterocycles. The number of halogens is 1. The zero-order chi connectivity index (χ0) is 17.8. The molecule has 0 spiro atoms. The summed E-state index contributed by atoms with van der Waals surface area (Å²) in [5.41, 5.74) is 0.585. The van der Waals surface area contributed by atoms with E-state index >= 15 is 0 Å². The Balaban J connectivity index is 1.80. The van der Waals surface area contributed by atoms with Crippen LogP contribution in [0, 0.1) is 11.3 Å². The van der Waals surface area contributed by atoms with Gasteiger partial charge in [0.15, 0.2) is 0 Å². The van der Waals surface area contributed by atoms with E-state index in [1.165, 1.54) is 6.33 Å². The third-order valence-electron chi connectivity index (χ3n) is 4.40. The lowest BCUT2D eigenvalue weighted by Crippen LogP contribution is -2.47. The molecule has 0 saturated carbocycles. The maximum Gasteiger partial charge on any atom is 0.218 e. The molecular weight excluding hydrogens is 384 g/mol. The van der Waals surface area contributed by atoms with E-state index in [-0.39, 0.29) is 6.04 Å². The lowest BCUT2D eigenvalue weighted by atomic mass is 10.0. The number of hydrogen-bond donors (Lipinski definition) is 0. The summed E-state index contributed by atoms with van der Waals surface area (Å²) < 4.78 is 6.00. The highest BCUT2D eigenvalue weighted by Crippen LogP contribution is 2.27. The van der Waals surface area contributed by atoms with Crippen molar-refractivity contribution in [2.45, 2.75) is 18.9 Å². The summed E-state index contributed by atoms with van der Waals surface area (Å²) in [4.78, 5) is 17.2. The van der Waals surface area contributed by atoms with Crippen LogP contribution in [0.4, 0.5) is 11.6 Å². The highest BCUT2D eigenvalue weighted by Gasteiger charge is 2.26. The predicted octanol–water partition coefficient (Wildman–Crippen LogP) is 2.62. The molecule has 1 aliphatic heterocycles. The first-order chi connectivity index (χ1) is 12.1. The van der Waals surface area contributed by atoms with Gasteiger partial charge in [0.2, 0.25) is 5.88 Å². The Bertz CT molecular complexity index is 793. The number of nitrogens with zero attached hydrogens (tertiary/aromatic N) is 6. The number of likely N-dealkylation sites (N-methyl/N-ethyl adjacent to an activating group) is 1. The van der Waals surface area contributed by atoms with E-state index < -0.39 is 0 Å². The number of rotatable bonds is 4. The molecule has 0 amide bonds. The molecule has 0 bridgehead atoms. The molecule has 2 aromatic heterocycles. The summed E-state index contributed by atoms with van der Waals surface area (Å²) in [6.07, 6.45) is 5.33. The van der Waals surface area contributed by atoms with Gasteiger partial charge < -0.3 is 14.5 Å². The van der Waals surface area contributed by atoms with Crippen molar-refractivity contribution in [2.75, 3.05) is 37.0 Å². The summed E-state index contributed by atoms with van der Waals surface area (Å²) in [7, 11) is 3.62. The average Bonchev–Trinajstić information content (AvgIpc) is 2.67. The number of anilines is 2. The van der Waals surface area contributed by atoms with Crippen molar-refractivity contribution in [1.29, 1.82) is 5.26 Å². The van der Waals surface area contributed by atoms with Gasteiger partial charge in [-0.1, -0.05) is 0 Å². The zero-order valence-corrected chi connectivity index (χ0v) is 15.8. The van der Waals surface area contributed by atoms with Gasteiger partial charge in [-0.05, 0) is 34.8 Å². The molecule has 3 heterocycles. The molecule has 1 atom stereocenters. The Kier molecular flexibility index (Phi) is 5.34. The van der Waals surface area contributed by atoms with E-state index in [1.54, 1.807) is 13.3 Å². The van der Waals surface area contributed by atoms with E-state index in [4.69, 9.17) is 4.74 Å². The van der Waals surface area contributed by atoms with Crippen LogP contribution in [0.3, 0.4) is 0 Å². The number of hydrogen-bond acceptors (Lipinski definition) is 7. The minimum Gasteiger partial charge on any atom is -0.481 e. The molecule has 1 fully saturated rings. The molecular formula is C17H19BrN6O. The zero-order valence-electron chi connectivity index (χ0n) is 14.2. The lowest BCUT2D eigenvalue weighted by molar-refractivity contribution is 0.396. The van der Waals surface area contributed by atoms with Gasteiger partial charge in [-0.2, -0.15) is 5.26 Å². The fraction of sp³-hybridized carbons (Fsp3) is 0.412. The number of ether oxygens (including phenoxy) is 1. The summed E-state index contributed by atoms with van der Waals surface area (Å²) in [6.45, 7) is 1.67. The van der Waals surface area contributed by atoms with Gasteiger partial charge in [0.25, 0.3) is 0 Å². The maximum absolute atomic E-state index is 9.41. The lowest BCUT2D eigenvalue weighted by Gasteiger charge is -2.39. The molecule has 0 radical (unpaired) electrons. The first kappa shape index (κ1) is 17.4. The number of methoxy groups -OCH3 is 1. The molecule has 0 aliphatic carbocycles. The van der Waals surface area contributed by atoms with Gasteiger partial charge in [0.1, 0.15) is 24.0 Å². The van der Waals surface area contributed by atoms with Crippen LogP contribution in [0.15, 0.2) is 29.1 Å². The highest BCUT2D eigenvalue weighted by molar-refractivity contribution is 9.10. The average molecular weight is 403 g/mol. The van der Waals surface area contributed by atoms with E-state index in [9.17, 15) is 5.26 Å². The Hall–Kier alpha value is -2.40. The van der Waals surface area contributed by atoms with Gasteiger partial charge in [0.05, 0.1) is 12.7 Å². The van der Waals surface area contributed by atoms with Crippen molar-refractivity contribution in [2.24, 2.45) is 0 Å². The number of nitriles is 1. The van der Waals surface area contributed by atoms with Crippen LogP contribution in [0.1, 0.15) is 18.4 Å². The monoisotopic (exact) mass is 402 g/mol. The van der Waals surface area contributed by atoms with Crippen LogP contribution >= 0.6 is 15.9 Å². The smallest absolute Gasteiger partial charge is 0.218 e. The summed E-state index contributed by atoms with van der Waals surface area (Å²) in [5, 5.41) is 9.41. The first-order valence-electron chi connectivity index (χ1n) is 8.02. The van der Waals surface area contributed by atoms with Crippen LogP contribution in [0.5, 0.6) is 5.88 Å². The van der Waals surface area contributed by atoms with Crippen molar-refractivity contribution < 1.29 is 4.74 Å². The van der Waals surface area contributed by atoms with Gasteiger partial charge in [-0.15, -0.1) is 0 Å². The summed E-state index contributed by atoms with van der Waals surface area (Å²) >= 11 is 3.37. The molecule has 25 heavy (non-hydrogen) atoms. The van der Waals surface area contributed by atoms with Crippen molar-refractivity contribution in [1.82, 2.24) is 15.0 Å². The molecule has 130 valence electrons. The quantitative estimate of drug-likeness (QED) is 0.777. The van der Waals surface area contributed by atoms with Crippen molar-refractivity contribution >= 4 is 27.6 Å². The van der Waals surface area contributed by atoms with Gasteiger partial charge in [-0.25, -0.2) is 15.0 Å². The van der Waals surface area contributed by atoms with Crippen molar-refractivity contribution in [3.63, 3.8) is 0 Å². The molecule has 7 nitrogen and oxygen atoms in total. The van der Waals surface area contributed by atoms with Gasteiger partial charge >= 0.3 is 0 Å². The van der Waals surface area contributed by atoms with Gasteiger partial charge in [-0.3, -0.25) is 0 Å². The highest BCUT2D eigenvalue weighted by atomic mass is 79.9. The molecule has 1 aliphatic rings. The SMILES string of the molecule is COc1cc(N(C)C2CCCN(c3ncc(Br)cc3C#N)C2)ncn1. The van der Waals surface area contributed by atoms with Crippen LogP contribution in [-0.4, -0.2) is 48.2 Å². The minimum absolute atomic E-state index is 0.269. The van der Waals surface area contributed by atoms with E-state index in [1.807, 2.05) is 19.2 Å². The van der Waals surface area contributed by atoms with Crippen LogP contribution in [0.2, 0.25) is 0 Å². The first-order valence-corrected chi connectivity index (χ1v) is 8.81. The minimum atomic E-state index is 0.269. The Labute approximate surface area is 155 Å².